The van der Waals surface area contributed by atoms with Gasteiger partial charge in [-0.25, -0.2) is 4.79 Å². The largest absolute Gasteiger partial charge is 0.465 e. The van der Waals surface area contributed by atoms with Gasteiger partial charge in [0.1, 0.15) is 5.82 Å². The van der Waals surface area contributed by atoms with Gasteiger partial charge in [-0.15, -0.1) is 0 Å². The summed E-state index contributed by atoms with van der Waals surface area (Å²) < 4.78 is 6.51. The van der Waals surface area contributed by atoms with E-state index >= 15 is 0 Å². The lowest BCUT2D eigenvalue weighted by molar-refractivity contribution is 0.0599. The Morgan fingerprint density at radius 2 is 2.32 bits per heavy atom. The summed E-state index contributed by atoms with van der Waals surface area (Å²) in [6.45, 7) is 2.39. The highest BCUT2D eigenvalue weighted by Crippen LogP contribution is 2.11. The summed E-state index contributed by atoms with van der Waals surface area (Å²) in [5.41, 5.74) is 2.15. The summed E-state index contributed by atoms with van der Waals surface area (Å²) in [4.78, 5) is 15.8. The first kappa shape index (κ1) is 13.1. The maximum atomic E-state index is 11.6. The van der Waals surface area contributed by atoms with Crippen molar-refractivity contribution in [2.24, 2.45) is 7.05 Å². The Hall–Kier alpha value is -2.37. The van der Waals surface area contributed by atoms with Crippen LogP contribution in [0.5, 0.6) is 0 Å². The standard InChI is InChI=1S/C13H16N4O2/c1-9-7-12(16-17(9)2)15-8-11-10(13(18)19-3)5-4-6-14-11/h4-7H,8H2,1-3H3,(H,15,16). The molecule has 0 spiro atoms. The molecule has 0 atom stereocenters. The van der Waals surface area contributed by atoms with Crippen LogP contribution in [0.2, 0.25) is 0 Å². The van der Waals surface area contributed by atoms with Crippen LogP contribution in [0.3, 0.4) is 0 Å². The Bertz CT molecular complexity index is 573. The minimum atomic E-state index is -0.387. The number of hydrogen-bond donors (Lipinski definition) is 1. The Morgan fingerprint density at radius 3 is 2.95 bits per heavy atom. The zero-order valence-electron chi connectivity index (χ0n) is 11.2. The molecule has 0 unspecified atom stereocenters. The van der Waals surface area contributed by atoms with Gasteiger partial charge in [-0.3, -0.25) is 9.67 Å². The van der Waals surface area contributed by atoms with Crippen LogP contribution < -0.4 is 5.32 Å². The molecule has 100 valence electrons. The predicted octanol–water partition coefficient (Wildman–Crippen LogP) is 1.52. The second-order valence-corrected chi connectivity index (χ2v) is 4.14. The van der Waals surface area contributed by atoms with E-state index in [4.69, 9.17) is 4.74 Å². The maximum Gasteiger partial charge on any atom is 0.339 e. The average molecular weight is 260 g/mol. The molecule has 0 fully saturated rings. The van der Waals surface area contributed by atoms with Crippen LogP contribution in [0, 0.1) is 6.92 Å². The number of aromatic nitrogens is 3. The molecular formula is C13H16N4O2. The van der Waals surface area contributed by atoms with E-state index in [9.17, 15) is 4.79 Å². The van der Waals surface area contributed by atoms with Crippen LogP contribution in [-0.4, -0.2) is 27.8 Å². The number of carbonyl (C=O) groups excluding carboxylic acids is 1. The third kappa shape index (κ3) is 2.90. The smallest absolute Gasteiger partial charge is 0.339 e. The molecule has 0 amide bonds. The van der Waals surface area contributed by atoms with Crippen molar-refractivity contribution in [2.75, 3.05) is 12.4 Å². The lowest BCUT2D eigenvalue weighted by atomic mass is 10.2. The van der Waals surface area contributed by atoms with Gasteiger partial charge in [-0.2, -0.15) is 5.10 Å². The number of anilines is 1. The molecule has 0 radical (unpaired) electrons. The second kappa shape index (κ2) is 5.51. The van der Waals surface area contributed by atoms with Gasteiger partial charge in [0.15, 0.2) is 0 Å². The first-order valence-electron chi connectivity index (χ1n) is 5.88. The molecule has 1 N–H and O–H groups in total. The molecule has 0 aliphatic rings. The third-order valence-electron chi connectivity index (χ3n) is 2.85. The van der Waals surface area contributed by atoms with Gasteiger partial charge in [0.25, 0.3) is 0 Å². The molecule has 19 heavy (non-hydrogen) atoms. The van der Waals surface area contributed by atoms with Gasteiger partial charge >= 0.3 is 5.97 Å². The summed E-state index contributed by atoms with van der Waals surface area (Å²) in [5.74, 6) is 0.364. The highest BCUT2D eigenvalue weighted by atomic mass is 16.5. The van der Waals surface area contributed by atoms with Gasteiger partial charge in [-0.1, -0.05) is 0 Å². The summed E-state index contributed by atoms with van der Waals surface area (Å²) in [6.07, 6.45) is 1.65. The monoisotopic (exact) mass is 260 g/mol. The highest BCUT2D eigenvalue weighted by Gasteiger charge is 2.12. The van der Waals surface area contributed by atoms with E-state index in [1.165, 1.54) is 7.11 Å². The zero-order valence-corrected chi connectivity index (χ0v) is 11.2. The van der Waals surface area contributed by atoms with E-state index < -0.39 is 0 Å². The van der Waals surface area contributed by atoms with Gasteiger partial charge in [0.2, 0.25) is 0 Å². The van der Waals surface area contributed by atoms with Crippen molar-refractivity contribution in [3.05, 3.63) is 41.3 Å². The fourth-order valence-corrected chi connectivity index (χ4v) is 1.70. The molecule has 0 saturated heterocycles. The molecule has 0 aliphatic carbocycles. The minimum Gasteiger partial charge on any atom is -0.465 e. The predicted molar refractivity (Wildman–Crippen MR) is 70.8 cm³/mol. The number of nitrogens with one attached hydrogen (secondary N) is 1. The number of nitrogens with zero attached hydrogens (tertiary/aromatic N) is 3. The number of aryl methyl sites for hydroxylation is 2. The maximum absolute atomic E-state index is 11.6. The number of ether oxygens (including phenoxy) is 1. The quantitative estimate of drug-likeness (QED) is 0.844. The zero-order chi connectivity index (χ0) is 13.8. The number of esters is 1. The van der Waals surface area contributed by atoms with Crippen molar-refractivity contribution in [3.8, 4) is 0 Å². The second-order valence-electron chi connectivity index (χ2n) is 4.14. The van der Waals surface area contributed by atoms with Gasteiger partial charge in [0, 0.05) is 25.0 Å². The molecule has 0 saturated carbocycles. The first-order valence-corrected chi connectivity index (χ1v) is 5.88. The highest BCUT2D eigenvalue weighted by molar-refractivity contribution is 5.90. The Balaban J connectivity index is 2.13. The Morgan fingerprint density at radius 1 is 1.53 bits per heavy atom. The molecule has 0 aliphatic heterocycles. The van der Waals surface area contributed by atoms with E-state index in [-0.39, 0.29) is 5.97 Å². The molecule has 2 rings (SSSR count). The van der Waals surface area contributed by atoms with Crippen molar-refractivity contribution < 1.29 is 9.53 Å². The molecule has 2 aromatic heterocycles. The van der Waals surface area contributed by atoms with Gasteiger partial charge in [0.05, 0.1) is 24.9 Å². The SMILES string of the molecule is COC(=O)c1cccnc1CNc1cc(C)n(C)n1. The van der Waals surface area contributed by atoms with E-state index in [1.54, 1.807) is 23.0 Å². The average Bonchev–Trinajstić information content (AvgIpc) is 2.75. The van der Waals surface area contributed by atoms with Crippen LogP contribution in [-0.2, 0) is 18.3 Å². The minimum absolute atomic E-state index is 0.387. The van der Waals surface area contributed by atoms with E-state index in [0.717, 1.165) is 11.5 Å². The lowest BCUT2D eigenvalue weighted by Crippen LogP contribution is -2.11. The molecule has 2 aromatic rings. The summed E-state index contributed by atoms with van der Waals surface area (Å²) in [5, 5.41) is 7.42. The Kier molecular flexibility index (Phi) is 3.79. The molecule has 6 heteroatoms. The van der Waals surface area contributed by atoms with Crippen molar-refractivity contribution in [3.63, 3.8) is 0 Å². The third-order valence-corrected chi connectivity index (χ3v) is 2.85. The van der Waals surface area contributed by atoms with Gasteiger partial charge in [-0.05, 0) is 19.1 Å². The first-order chi connectivity index (χ1) is 9.11. The number of pyridine rings is 1. The number of carbonyl (C=O) groups is 1. The van der Waals surface area contributed by atoms with Crippen LogP contribution in [0.25, 0.3) is 0 Å². The fourth-order valence-electron chi connectivity index (χ4n) is 1.70. The Labute approximate surface area is 111 Å². The normalized spacial score (nSPS) is 10.3. The van der Waals surface area contributed by atoms with Crippen molar-refractivity contribution in [2.45, 2.75) is 13.5 Å². The van der Waals surface area contributed by atoms with E-state index in [0.29, 0.717) is 17.8 Å². The molecule has 6 nitrogen and oxygen atoms in total. The van der Waals surface area contributed by atoms with Crippen LogP contribution >= 0.6 is 0 Å². The summed E-state index contributed by atoms with van der Waals surface area (Å²) in [6, 6.07) is 5.33. The summed E-state index contributed by atoms with van der Waals surface area (Å²) >= 11 is 0. The number of hydrogen-bond acceptors (Lipinski definition) is 5. The van der Waals surface area contributed by atoms with Crippen molar-refractivity contribution >= 4 is 11.8 Å². The topological polar surface area (TPSA) is 69.0 Å². The van der Waals surface area contributed by atoms with E-state index in [1.807, 2.05) is 20.0 Å². The van der Waals surface area contributed by atoms with Crippen molar-refractivity contribution in [1.29, 1.82) is 0 Å². The molecule has 0 bridgehead atoms. The molecular weight excluding hydrogens is 244 g/mol. The van der Waals surface area contributed by atoms with Crippen molar-refractivity contribution in [1.82, 2.24) is 14.8 Å². The number of methoxy groups -OCH3 is 1. The molecule has 2 heterocycles. The van der Waals surface area contributed by atoms with Crippen LogP contribution in [0.15, 0.2) is 24.4 Å². The van der Waals surface area contributed by atoms with Crippen LogP contribution in [0.1, 0.15) is 21.7 Å². The van der Waals surface area contributed by atoms with E-state index in [2.05, 4.69) is 15.4 Å². The number of rotatable bonds is 4. The van der Waals surface area contributed by atoms with Gasteiger partial charge < -0.3 is 10.1 Å². The fraction of sp³-hybridized carbons (Fsp3) is 0.308. The summed E-state index contributed by atoms with van der Waals surface area (Å²) in [7, 11) is 3.23. The van der Waals surface area contributed by atoms with Crippen LogP contribution in [0.4, 0.5) is 5.82 Å². The lowest BCUT2D eigenvalue weighted by Gasteiger charge is -2.07. The molecule has 0 aromatic carbocycles.